The summed E-state index contributed by atoms with van der Waals surface area (Å²) in [5, 5.41) is 5.76. The van der Waals surface area contributed by atoms with E-state index in [1.54, 1.807) is 29.8 Å². The molecule has 0 aliphatic carbocycles. The minimum Gasteiger partial charge on any atom is -0.487 e. The molecule has 0 unspecified atom stereocenters. The molecule has 1 aromatic heterocycles. The molecule has 3 rings (SSSR count). The van der Waals surface area contributed by atoms with Gasteiger partial charge >= 0.3 is 0 Å². The molecule has 3 aromatic rings. The largest absolute Gasteiger partial charge is 0.487 e. The zero-order valence-electron chi connectivity index (χ0n) is 14.1. The Morgan fingerprint density at radius 3 is 2.62 bits per heavy atom. The first-order chi connectivity index (χ1) is 12.6. The Hall–Kier alpha value is -2.99. The number of halogens is 1. The van der Waals surface area contributed by atoms with Crippen molar-refractivity contribution in [3.63, 3.8) is 0 Å². The Morgan fingerprint density at radius 2 is 1.88 bits per heavy atom. The molecule has 0 atom stereocenters. The zero-order chi connectivity index (χ0) is 18.4. The number of hydrogen-bond donors (Lipinski definition) is 1. The van der Waals surface area contributed by atoms with Gasteiger partial charge in [0.2, 0.25) is 0 Å². The van der Waals surface area contributed by atoms with Crippen molar-refractivity contribution in [1.29, 1.82) is 0 Å². The molecule has 1 amide bonds. The van der Waals surface area contributed by atoms with Crippen LogP contribution in [0.25, 0.3) is 0 Å². The Kier molecular flexibility index (Phi) is 5.76. The van der Waals surface area contributed by atoms with Crippen molar-refractivity contribution in [3.8, 4) is 5.75 Å². The fourth-order valence-corrected chi connectivity index (χ4v) is 2.91. The summed E-state index contributed by atoms with van der Waals surface area (Å²) in [6.07, 6.45) is 1.59. The van der Waals surface area contributed by atoms with E-state index in [1.807, 2.05) is 31.2 Å². The number of rotatable bonds is 6. The molecule has 4 nitrogen and oxygen atoms in total. The summed E-state index contributed by atoms with van der Waals surface area (Å²) in [7, 11) is 0. The van der Waals surface area contributed by atoms with Crippen LogP contribution in [0.15, 0.2) is 65.1 Å². The van der Waals surface area contributed by atoms with Crippen LogP contribution < -0.4 is 10.2 Å². The van der Waals surface area contributed by atoms with Crippen molar-refractivity contribution < 1.29 is 13.9 Å². The zero-order valence-corrected chi connectivity index (χ0v) is 14.9. The van der Waals surface area contributed by atoms with Crippen LogP contribution in [-0.4, -0.2) is 12.1 Å². The van der Waals surface area contributed by atoms with E-state index in [4.69, 9.17) is 4.74 Å². The smallest absolute Gasteiger partial charge is 0.285 e. The number of benzene rings is 2. The molecule has 0 saturated carbocycles. The molecule has 1 heterocycles. The van der Waals surface area contributed by atoms with Crippen LogP contribution in [0.4, 0.5) is 4.39 Å². The van der Waals surface area contributed by atoms with Gasteiger partial charge < -0.3 is 4.74 Å². The highest BCUT2D eigenvalue weighted by molar-refractivity contribution is 7.12. The summed E-state index contributed by atoms with van der Waals surface area (Å²) in [5.41, 5.74) is 5.38. The van der Waals surface area contributed by atoms with Gasteiger partial charge in [0.1, 0.15) is 23.1 Å². The predicted octanol–water partition coefficient (Wildman–Crippen LogP) is 4.54. The second kappa shape index (κ2) is 8.40. The maximum atomic E-state index is 12.9. The maximum Gasteiger partial charge on any atom is 0.285 e. The van der Waals surface area contributed by atoms with Crippen molar-refractivity contribution in [3.05, 3.63) is 87.4 Å². The minimum absolute atomic E-state index is 0.254. The number of amides is 1. The number of hydrazone groups is 1. The molecule has 0 fully saturated rings. The Balaban J connectivity index is 1.59. The molecule has 6 heteroatoms. The Labute approximate surface area is 155 Å². The number of hydrogen-bond acceptors (Lipinski definition) is 4. The maximum absolute atomic E-state index is 12.9. The predicted molar refractivity (Wildman–Crippen MR) is 101 cm³/mol. The van der Waals surface area contributed by atoms with Crippen molar-refractivity contribution in [2.45, 2.75) is 13.5 Å². The molecular weight excluding hydrogens is 351 g/mol. The van der Waals surface area contributed by atoms with Crippen LogP contribution in [0.1, 0.15) is 26.4 Å². The van der Waals surface area contributed by atoms with Gasteiger partial charge in [0.15, 0.2) is 0 Å². The summed E-state index contributed by atoms with van der Waals surface area (Å²) in [5.74, 6) is -0.157. The summed E-state index contributed by atoms with van der Waals surface area (Å²) in [6, 6.07) is 15.6. The molecule has 132 valence electrons. The normalized spacial score (nSPS) is 10.8. The molecule has 2 aromatic carbocycles. The highest BCUT2D eigenvalue weighted by Gasteiger charge is 2.14. The molecular formula is C20H17FN2O2S. The number of ether oxygens (including phenoxy) is 1. The fourth-order valence-electron chi connectivity index (χ4n) is 2.19. The Morgan fingerprint density at radius 1 is 1.15 bits per heavy atom. The van der Waals surface area contributed by atoms with Crippen LogP contribution in [0.5, 0.6) is 5.75 Å². The second-order valence-corrected chi connectivity index (χ2v) is 6.56. The second-order valence-electron chi connectivity index (χ2n) is 5.64. The van der Waals surface area contributed by atoms with E-state index >= 15 is 0 Å². The molecule has 0 aliphatic rings. The molecule has 0 bridgehead atoms. The van der Waals surface area contributed by atoms with Crippen LogP contribution in [-0.2, 0) is 6.61 Å². The van der Waals surface area contributed by atoms with Gasteiger partial charge in [-0.15, -0.1) is 11.3 Å². The number of nitrogens with one attached hydrogen (secondary N) is 1. The van der Waals surface area contributed by atoms with Crippen LogP contribution >= 0.6 is 11.3 Å². The van der Waals surface area contributed by atoms with E-state index in [-0.39, 0.29) is 18.3 Å². The average molecular weight is 368 g/mol. The lowest BCUT2D eigenvalue weighted by atomic mass is 10.2. The number of aryl methyl sites for hydroxylation is 1. The quantitative estimate of drug-likeness (QED) is 0.513. The third-order valence-corrected chi connectivity index (χ3v) is 4.49. The van der Waals surface area contributed by atoms with Gasteiger partial charge in [0.05, 0.1) is 6.21 Å². The molecule has 26 heavy (non-hydrogen) atoms. The summed E-state index contributed by atoms with van der Waals surface area (Å²) in [4.78, 5) is 12.7. The van der Waals surface area contributed by atoms with Crippen molar-refractivity contribution in [1.82, 2.24) is 5.43 Å². The third kappa shape index (κ3) is 4.77. The first-order valence-corrected chi connectivity index (χ1v) is 8.84. The van der Waals surface area contributed by atoms with Gasteiger partial charge in [-0.3, -0.25) is 4.79 Å². The highest BCUT2D eigenvalue weighted by atomic mass is 32.1. The van der Waals surface area contributed by atoms with E-state index in [1.165, 1.54) is 23.5 Å². The highest BCUT2D eigenvalue weighted by Crippen LogP contribution is 2.25. The molecule has 0 radical (unpaired) electrons. The lowest BCUT2D eigenvalue weighted by Crippen LogP contribution is -2.17. The van der Waals surface area contributed by atoms with Gasteiger partial charge in [-0.25, -0.2) is 9.82 Å². The van der Waals surface area contributed by atoms with E-state index in [9.17, 15) is 9.18 Å². The first-order valence-electron chi connectivity index (χ1n) is 7.96. The Bertz CT molecular complexity index is 902. The van der Waals surface area contributed by atoms with E-state index in [2.05, 4.69) is 10.5 Å². The lowest BCUT2D eigenvalue weighted by Gasteiger charge is -2.06. The van der Waals surface area contributed by atoms with Crippen molar-refractivity contribution >= 4 is 23.5 Å². The molecule has 1 N–H and O–H groups in total. The van der Waals surface area contributed by atoms with E-state index < -0.39 is 0 Å². The minimum atomic E-state index is -0.336. The number of thiophene rings is 1. The van der Waals surface area contributed by atoms with E-state index in [0.29, 0.717) is 10.6 Å². The van der Waals surface area contributed by atoms with Gasteiger partial charge in [0.25, 0.3) is 5.91 Å². The summed E-state index contributed by atoms with van der Waals surface area (Å²) < 4.78 is 18.6. The average Bonchev–Trinajstić information content (AvgIpc) is 3.11. The van der Waals surface area contributed by atoms with Crippen LogP contribution in [0, 0.1) is 12.7 Å². The summed E-state index contributed by atoms with van der Waals surface area (Å²) >= 11 is 1.27. The lowest BCUT2D eigenvalue weighted by molar-refractivity contribution is 0.0955. The van der Waals surface area contributed by atoms with Gasteiger partial charge in [-0.05, 0) is 41.6 Å². The number of nitrogens with zero attached hydrogens (tertiary/aromatic N) is 1. The van der Waals surface area contributed by atoms with Crippen LogP contribution in [0.2, 0.25) is 0 Å². The topological polar surface area (TPSA) is 50.7 Å². The van der Waals surface area contributed by atoms with Gasteiger partial charge in [-0.1, -0.05) is 42.0 Å². The monoisotopic (exact) mass is 368 g/mol. The standard InChI is InChI=1S/C20H17FN2O2S/c1-14-2-4-15(5-3-14)12-22-23-20(24)19-18(10-11-26-19)25-13-16-6-8-17(21)9-7-16/h2-12H,13H2,1H3,(H,23,24). The number of carbonyl (C=O) groups is 1. The van der Waals surface area contributed by atoms with Crippen molar-refractivity contribution in [2.75, 3.05) is 0 Å². The first kappa shape index (κ1) is 17.8. The SMILES string of the molecule is Cc1ccc(C=NNC(=O)c2sccc2OCc2ccc(F)cc2)cc1. The summed E-state index contributed by atoms with van der Waals surface area (Å²) in [6.45, 7) is 2.26. The van der Waals surface area contributed by atoms with Crippen LogP contribution in [0.3, 0.4) is 0 Å². The number of carbonyl (C=O) groups excluding carboxylic acids is 1. The fraction of sp³-hybridized carbons (Fsp3) is 0.100. The molecule has 0 aliphatic heterocycles. The molecule has 0 saturated heterocycles. The third-order valence-electron chi connectivity index (χ3n) is 3.60. The van der Waals surface area contributed by atoms with Gasteiger partial charge in [-0.2, -0.15) is 5.10 Å². The van der Waals surface area contributed by atoms with E-state index in [0.717, 1.165) is 16.7 Å². The van der Waals surface area contributed by atoms with Crippen molar-refractivity contribution in [2.24, 2.45) is 5.10 Å². The van der Waals surface area contributed by atoms with Gasteiger partial charge in [0, 0.05) is 0 Å². The molecule has 0 spiro atoms.